The molecule has 2 aromatic carbocycles. The highest BCUT2D eigenvalue weighted by Gasteiger charge is 2.10. The van der Waals surface area contributed by atoms with E-state index in [0.717, 1.165) is 53.2 Å². The van der Waals surface area contributed by atoms with Gasteiger partial charge < -0.3 is 18.8 Å². The van der Waals surface area contributed by atoms with Crippen molar-refractivity contribution in [2.45, 2.75) is 19.5 Å². The molecule has 0 aliphatic rings. The van der Waals surface area contributed by atoms with Gasteiger partial charge in [0.1, 0.15) is 0 Å². The summed E-state index contributed by atoms with van der Waals surface area (Å²) in [5, 5.41) is 0. The summed E-state index contributed by atoms with van der Waals surface area (Å²) in [4.78, 5) is 4.68. The maximum absolute atomic E-state index is 2.35. The highest BCUT2D eigenvalue weighted by atomic mass is 33.1. The van der Waals surface area contributed by atoms with Gasteiger partial charge in [0.05, 0.1) is 73.4 Å². The summed E-state index contributed by atoms with van der Waals surface area (Å²) in [6, 6.07) is 26.5. The molecular formula is C43H62N6S2+4. The number of quaternary nitrogens is 2. The average molecular weight is 727 g/mol. The third kappa shape index (κ3) is 15.7. The minimum atomic E-state index is 0.974. The summed E-state index contributed by atoms with van der Waals surface area (Å²) in [7, 11) is 21.7. The largest absolute Gasteiger partial charge is 0.374 e. The van der Waals surface area contributed by atoms with Crippen molar-refractivity contribution in [3.8, 4) is 0 Å². The lowest BCUT2D eigenvalue weighted by Crippen LogP contribution is -2.41. The number of aromatic nitrogens is 2. The Bertz CT molecular complexity index is 1640. The summed E-state index contributed by atoms with van der Waals surface area (Å²) >= 11 is 0. The number of benzene rings is 2. The van der Waals surface area contributed by atoms with Crippen LogP contribution in [0.4, 0.5) is 11.4 Å². The van der Waals surface area contributed by atoms with Gasteiger partial charge in [-0.05, 0) is 46.5 Å². The molecule has 0 radical (unpaired) electrons. The van der Waals surface area contributed by atoms with Gasteiger partial charge in [-0.15, -0.1) is 0 Å². The first-order valence-corrected chi connectivity index (χ1v) is 20.6. The number of likely N-dealkylation sites (N-methyl/N-ethyl adjacent to an activating group) is 2. The Labute approximate surface area is 317 Å². The van der Waals surface area contributed by atoms with E-state index in [4.69, 9.17) is 0 Å². The normalized spacial score (nSPS) is 12.2. The molecule has 0 spiro atoms. The van der Waals surface area contributed by atoms with E-state index in [-0.39, 0.29) is 0 Å². The lowest BCUT2D eigenvalue weighted by Gasteiger charge is -2.28. The molecule has 2 aromatic heterocycles. The third-order valence-electron chi connectivity index (χ3n) is 8.82. The van der Waals surface area contributed by atoms with Crippen LogP contribution < -0.4 is 18.9 Å². The molecule has 0 amide bonds. The Hall–Kier alpha value is -3.56. The van der Waals surface area contributed by atoms with E-state index in [0.29, 0.717) is 0 Å². The van der Waals surface area contributed by atoms with Gasteiger partial charge >= 0.3 is 0 Å². The maximum atomic E-state index is 2.35. The van der Waals surface area contributed by atoms with E-state index in [9.17, 15) is 0 Å². The van der Waals surface area contributed by atoms with E-state index in [1.165, 1.54) is 46.6 Å². The molecule has 6 nitrogen and oxygen atoms in total. The van der Waals surface area contributed by atoms with Crippen molar-refractivity contribution < 1.29 is 18.1 Å². The summed E-state index contributed by atoms with van der Waals surface area (Å²) in [6.45, 7) is 6.43. The predicted octanol–water partition coefficient (Wildman–Crippen LogP) is 7.36. The number of anilines is 2. The van der Waals surface area contributed by atoms with Gasteiger partial charge in [-0.25, -0.2) is 9.13 Å². The van der Waals surface area contributed by atoms with Crippen LogP contribution in [0.5, 0.6) is 0 Å². The molecule has 0 bridgehead atoms. The van der Waals surface area contributed by atoms with Crippen molar-refractivity contribution >= 4 is 57.3 Å². The van der Waals surface area contributed by atoms with E-state index in [2.05, 4.69) is 197 Å². The fourth-order valence-electron chi connectivity index (χ4n) is 5.42. The number of pyridine rings is 2. The van der Waals surface area contributed by atoms with Crippen LogP contribution in [0.15, 0.2) is 97.6 Å². The molecule has 4 rings (SSSR count). The van der Waals surface area contributed by atoms with Crippen molar-refractivity contribution in [3.63, 3.8) is 0 Å². The van der Waals surface area contributed by atoms with Crippen molar-refractivity contribution in [2.24, 2.45) is 0 Å². The van der Waals surface area contributed by atoms with Crippen LogP contribution in [0.1, 0.15) is 28.7 Å². The van der Waals surface area contributed by atoms with Crippen LogP contribution in [0.2, 0.25) is 0 Å². The first-order valence-electron chi connectivity index (χ1n) is 18.2. The molecule has 0 aliphatic heterocycles. The molecule has 0 N–H and O–H groups in total. The van der Waals surface area contributed by atoms with Gasteiger partial charge in [0, 0.05) is 62.7 Å². The number of rotatable bonds is 20. The first-order chi connectivity index (χ1) is 24.3. The zero-order valence-electron chi connectivity index (χ0n) is 32.4. The second-order valence-electron chi connectivity index (χ2n) is 15.5. The molecule has 0 saturated carbocycles. The lowest BCUT2D eigenvalue weighted by atomic mass is 10.1. The monoisotopic (exact) mass is 726 g/mol. The Morgan fingerprint density at radius 2 is 0.843 bits per heavy atom. The molecule has 8 heteroatoms. The van der Waals surface area contributed by atoms with E-state index in [1.807, 2.05) is 21.6 Å². The summed E-state index contributed by atoms with van der Waals surface area (Å²) in [5.74, 6) is 2.17. The molecule has 2 heterocycles. The SMILES string of the molecule is CN(CCC[N+](C)(C)C)c1ccc(/C=C/c2cc[n+](CCSSCC[n+]3ccc(/C=C/c4ccc(N(C)CC[N+](C)(C)C)cc4)cc3)cc2)cc1. The van der Waals surface area contributed by atoms with Crippen LogP contribution in [-0.2, 0) is 13.1 Å². The first kappa shape index (κ1) is 40.2. The van der Waals surface area contributed by atoms with Crippen molar-refractivity contribution in [3.05, 3.63) is 120 Å². The Morgan fingerprint density at radius 3 is 1.22 bits per heavy atom. The van der Waals surface area contributed by atoms with Gasteiger partial charge in [-0.2, -0.15) is 0 Å². The van der Waals surface area contributed by atoms with Crippen LogP contribution >= 0.6 is 21.6 Å². The van der Waals surface area contributed by atoms with E-state index < -0.39 is 0 Å². The highest BCUT2D eigenvalue weighted by molar-refractivity contribution is 8.76. The molecule has 0 aliphatic carbocycles. The fourth-order valence-corrected chi connectivity index (χ4v) is 7.38. The Morgan fingerprint density at radius 1 is 0.490 bits per heavy atom. The van der Waals surface area contributed by atoms with Crippen LogP contribution in [0.25, 0.3) is 24.3 Å². The van der Waals surface area contributed by atoms with Gasteiger partial charge in [-0.3, -0.25) is 0 Å². The Balaban J connectivity index is 1.10. The highest BCUT2D eigenvalue weighted by Crippen LogP contribution is 2.21. The second kappa shape index (κ2) is 19.9. The number of hydrogen-bond donors (Lipinski definition) is 0. The molecule has 0 atom stereocenters. The smallest absolute Gasteiger partial charge is 0.169 e. The summed E-state index contributed by atoms with van der Waals surface area (Å²) < 4.78 is 6.53. The fraction of sp³-hybridized carbons (Fsp3) is 0.395. The van der Waals surface area contributed by atoms with Crippen molar-refractivity contribution in [1.29, 1.82) is 0 Å². The van der Waals surface area contributed by atoms with Gasteiger partial charge in [0.2, 0.25) is 0 Å². The van der Waals surface area contributed by atoms with Crippen LogP contribution in [0, 0.1) is 0 Å². The Kier molecular flexibility index (Phi) is 15.7. The average Bonchev–Trinajstić information content (AvgIpc) is 3.11. The van der Waals surface area contributed by atoms with Crippen LogP contribution in [-0.4, -0.2) is 103 Å². The van der Waals surface area contributed by atoms with Gasteiger partial charge in [0.15, 0.2) is 37.9 Å². The summed E-state index contributed by atoms with van der Waals surface area (Å²) in [6.07, 6.45) is 18.7. The summed E-state index contributed by atoms with van der Waals surface area (Å²) in [5.41, 5.74) is 7.41. The minimum Gasteiger partial charge on any atom is -0.374 e. The predicted molar refractivity (Wildman–Crippen MR) is 226 cm³/mol. The molecule has 4 aromatic rings. The van der Waals surface area contributed by atoms with Gasteiger partial charge in [0.25, 0.3) is 0 Å². The molecular weight excluding hydrogens is 665 g/mol. The second-order valence-corrected chi connectivity index (χ2v) is 18.2. The third-order valence-corrected chi connectivity index (χ3v) is 11.2. The lowest BCUT2D eigenvalue weighted by molar-refractivity contribution is -0.870. The van der Waals surface area contributed by atoms with E-state index in [1.54, 1.807) is 0 Å². The number of nitrogens with zero attached hydrogens (tertiary/aromatic N) is 6. The number of aryl methyl sites for hydroxylation is 2. The topological polar surface area (TPSA) is 14.2 Å². The maximum Gasteiger partial charge on any atom is 0.169 e. The molecule has 272 valence electrons. The van der Waals surface area contributed by atoms with E-state index >= 15 is 0 Å². The van der Waals surface area contributed by atoms with Crippen molar-refractivity contribution in [1.82, 2.24) is 0 Å². The zero-order valence-corrected chi connectivity index (χ0v) is 34.0. The molecule has 51 heavy (non-hydrogen) atoms. The zero-order chi connectivity index (χ0) is 36.7. The standard InChI is InChI=1S/C43H62N6S2/c1-44(26-9-34-48(3,4)5)42-18-14-38(15-19-42)10-12-40-22-27-46(28-23-40)32-36-50-51-37-33-47-29-24-41(25-30-47)13-11-39-16-20-43(21-17-39)45(2)31-35-49(6,7)8/h10-25,27-30H,9,26,31-37H2,1-8H3/q+4. The van der Waals surface area contributed by atoms with Crippen LogP contribution in [0.3, 0.4) is 0 Å². The molecule has 0 saturated heterocycles. The quantitative estimate of drug-likeness (QED) is 0.0409. The molecule has 0 fully saturated rings. The number of hydrogen-bond acceptors (Lipinski definition) is 4. The minimum absolute atomic E-state index is 0.974. The van der Waals surface area contributed by atoms with Crippen molar-refractivity contribution in [2.75, 3.05) is 104 Å². The van der Waals surface area contributed by atoms with Gasteiger partial charge in [-0.1, -0.05) is 70.2 Å². The molecule has 0 unspecified atom stereocenters.